The molecule has 7 nitrogen and oxygen atoms in total. The highest BCUT2D eigenvalue weighted by atomic mass is 35.5. The average molecular weight is 496 g/mol. The fraction of sp³-hybridized carbons (Fsp3) is 0.120. The van der Waals surface area contributed by atoms with Crippen molar-refractivity contribution in [3.05, 3.63) is 82.9 Å². The van der Waals surface area contributed by atoms with E-state index in [0.717, 1.165) is 16.7 Å². The third kappa shape index (κ3) is 4.83. The number of imide groups is 1. The molecule has 0 saturated carbocycles. The quantitative estimate of drug-likeness (QED) is 0.201. The van der Waals surface area contributed by atoms with Crippen LogP contribution >= 0.6 is 23.4 Å². The van der Waals surface area contributed by atoms with Crippen LogP contribution in [0.25, 0.3) is 0 Å². The second-order valence-electron chi connectivity index (χ2n) is 7.27. The maximum absolute atomic E-state index is 13.0. The molecule has 172 valence electrons. The lowest BCUT2D eigenvalue weighted by atomic mass is 10.2. The number of carbonyl (C=O) groups excluding carboxylic acids is 4. The van der Waals surface area contributed by atoms with Crippen molar-refractivity contribution in [3.8, 4) is 11.5 Å². The van der Waals surface area contributed by atoms with Crippen LogP contribution in [-0.2, 0) is 9.59 Å². The van der Waals surface area contributed by atoms with Gasteiger partial charge in [-0.15, -0.1) is 11.8 Å². The van der Waals surface area contributed by atoms with Crippen LogP contribution in [-0.4, -0.2) is 36.4 Å². The van der Waals surface area contributed by atoms with E-state index in [-0.39, 0.29) is 35.3 Å². The van der Waals surface area contributed by atoms with Gasteiger partial charge in [-0.25, -0.2) is 9.69 Å². The molecule has 1 aliphatic rings. The molecule has 0 N–H and O–H groups in total. The molecule has 1 aliphatic heterocycles. The average Bonchev–Trinajstić information content (AvgIpc) is 3.12. The van der Waals surface area contributed by atoms with Gasteiger partial charge < -0.3 is 9.47 Å². The smallest absolute Gasteiger partial charge is 0.344 e. The molecule has 1 atom stereocenters. The first-order valence-corrected chi connectivity index (χ1v) is 11.4. The minimum absolute atomic E-state index is 0.00348. The Hall–Kier alpha value is -3.62. The predicted octanol–water partition coefficient (Wildman–Crippen LogP) is 4.80. The highest BCUT2D eigenvalue weighted by Crippen LogP contribution is 2.36. The highest BCUT2D eigenvalue weighted by molar-refractivity contribution is 8.00. The maximum Gasteiger partial charge on any atom is 0.344 e. The molecule has 0 aliphatic carbocycles. The number of hydrogen-bond acceptors (Lipinski definition) is 7. The van der Waals surface area contributed by atoms with E-state index in [9.17, 15) is 19.2 Å². The molecular formula is C25H18ClNO6S. The zero-order valence-electron chi connectivity index (χ0n) is 17.9. The molecule has 1 saturated heterocycles. The number of halogens is 1. The Morgan fingerprint density at radius 1 is 1.06 bits per heavy atom. The molecule has 1 unspecified atom stereocenters. The van der Waals surface area contributed by atoms with Crippen molar-refractivity contribution in [2.24, 2.45) is 0 Å². The number of methoxy groups -OCH3 is 1. The summed E-state index contributed by atoms with van der Waals surface area (Å²) in [5, 5.41) is -0.197. The number of benzene rings is 3. The van der Waals surface area contributed by atoms with Crippen molar-refractivity contribution in [1.82, 2.24) is 0 Å². The van der Waals surface area contributed by atoms with E-state index < -0.39 is 11.2 Å². The summed E-state index contributed by atoms with van der Waals surface area (Å²) in [5.74, 6) is -0.972. The standard InChI is InChI=1S/C25H18ClNO6S/c1-32-20-12-15(14-28)6-11-19(20)33-25(31)18-4-2-3-5-21(18)34-22-13-23(29)27(24(22)30)17-9-7-16(26)8-10-17/h2-12,14,22H,13H2,1H3. The Morgan fingerprint density at radius 3 is 2.50 bits per heavy atom. The first-order chi connectivity index (χ1) is 16.4. The summed E-state index contributed by atoms with van der Waals surface area (Å²) in [6.07, 6.45) is 0.657. The van der Waals surface area contributed by atoms with Crippen LogP contribution in [0.4, 0.5) is 5.69 Å². The third-order valence-corrected chi connectivity index (χ3v) is 6.61. The van der Waals surface area contributed by atoms with Crippen LogP contribution in [0.5, 0.6) is 11.5 Å². The molecule has 1 fully saturated rings. The maximum atomic E-state index is 13.0. The van der Waals surface area contributed by atoms with Gasteiger partial charge in [0.1, 0.15) is 6.29 Å². The van der Waals surface area contributed by atoms with Crippen LogP contribution in [0, 0.1) is 0 Å². The number of anilines is 1. The Labute approximate surface area is 204 Å². The zero-order chi connectivity index (χ0) is 24.2. The molecule has 2 amide bonds. The zero-order valence-corrected chi connectivity index (χ0v) is 19.5. The van der Waals surface area contributed by atoms with Crippen molar-refractivity contribution in [2.75, 3.05) is 12.0 Å². The van der Waals surface area contributed by atoms with Gasteiger partial charge in [0.05, 0.1) is 23.6 Å². The number of ether oxygens (including phenoxy) is 2. The lowest BCUT2D eigenvalue weighted by molar-refractivity contribution is -0.121. The Morgan fingerprint density at radius 2 is 1.79 bits per heavy atom. The normalized spacial score (nSPS) is 15.4. The van der Waals surface area contributed by atoms with Gasteiger partial charge in [-0.1, -0.05) is 23.7 Å². The molecular weight excluding hydrogens is 478 g/mol. The molecule has 9 heteroatoms. The van der Waals surface area contributed by atoms with E-state index in [0.29, 0.717) is 27.5 Å². The van der Waals surface area contributed by atoms with E-state index in [1.807, 2.05) is 0 Å². The number of thioether (sulfide) groups is 1. The van der Waals surface area contributed by atoms with Crippen LogP contribution in [0.2, 0.25) is 5.02 Å². The summed E-state index contributed by atoms with van der Waals surface area (Å²) in [4.78, 5) is 51.2. The monoisotopic (exact) mass is 495 g/mol. The third-order valence-electron chi connectivity index (χ3n) is 5.09. The van der Waals surface area contributed by atoms with Crippen LogP contribution in [0.1, 0.15) is 27.1 Å². The molecule has 0 aromatic heterocycles. The Balaban J connectivity index is 1.54. The summed E-state index contributed by atoms with van der Waals surface area (Å²) in [6, 6.07) is 17.6. The van der Waals surface area contributed by atoms with Gasteiger partial charge in [-0.2, -0.15) is 0 Å². The number of esters is 1. The molecule has 4 rings (SSSR count). The number of nitrogens with zero attached hydrogens (tertiary/aromatic N) is 1. The summed E-state index contributed by atoms with van der Waals surface area (Å²) in [6.45, 7) is 0. The van der Waals surface area contributed by atoms with E-state index in [1.165, 1.54) is 25.3 Å². The largest absolute Gasteiger partial charge is 0.493 e. The van der Waals surface area contributed by atoms with Crippen molar-refractivity contribution >= 4 is 53.1 Å². The molecule has 1 heterocycles. The summed E-state index contributed by atoms with van der Waals surface area (Å²) in [5.41, 5.74) is 1.06. The molecule has 3 aromatic rings. The minimum atomic E-state index is -0.696. The number of carbonyl (C=O) groups is 4. The lowest BCUT2D eigenvalue weighted by Crippen LogP contribution is -2.31. The molecule has 3 aromatic carbocycles. The van der Waals surface area contributed by atoms with Gasteiger partial charge in [-0.3, -0.25) is 14.4 Å². The highest BCUT2D eigenvalue weighted by Gasteiger charge is 2.40. The van der Waals surface area contributed by atoms with Crippen LogP contribution in [0.15, 0.2) is 71.6 Å². The second-order valence-corrected chi connectivity index (χ2v) is 8.95. The van der Waals surface area contributed by atoms with Crippen molar-refractivity contribution in [2.45, 2.75) is 16.6 Å². The molecule has 0 bridgehead atoms. The predicted molar refractivity (Wildman–Crippen MR) is 128 cm³/mol. The fourth-order valence-electron chi connectivity index (χ4n) is 3.45. The Bertz CT molecular complexity index is 1280. The van der Waals surface area contributed by atoms with E-state index in [1.54, 1.807) is 48.5 Å². The lowest BCUT2D eigenvalue weighted by Gasteiger charge is -2.16. The Kier molecular flexibility index (Phi) is 7.00. The number of aldehydes is 1. The van der Waals surface area contributed by atoms with Gasteiger partial charge >= 0.3 is 5.97 Å². The van der Waals surface area contributed by atoms with Gasteiger partial charge in [0.15, 0.2) is 11.5 Å². The summed E-state index contributed by atoms with van der Waals surface area (Å²) < 4.78 is 10.7. The van der Waals surface area contributed by atoms with E-state index in [2.05, 4.69) is 0 Å². The van der Waals surface area contributed by atoms with Crippen molar-refractivity contribution in [1.29, 1.82) is 0 Å². The van der Waals surface area contributed by atoms with Gasteiger partial charge in [0.25, 0.3) is 0 Å². The SMILES string of the molecule is COc1cc(C=O)ccc1OC(=O)c1ccccc1SC1CC(=O)N(c2ccc(Cl)cc2)C1=O. The van der Waals surface area contributed by atoms with Gasteiger partial charge in [0.2, 0.25) is 11.8 Å². The first kappa shape index (κ1) is 23.5. The minimum Gasteiger partial charge on any atom is -0.493 e. The summed E-state index contributed by atoms with van der Waals surface area (Å²) >= 11 is 7.04. The number of hydrogen-bond donors (Lipinski definition) is 0. The molecule has 0 radical (unpaired) electrons. The van der Waals surface area contributed by atoms with Crippen LogP contribution < -0.4 is 14.4 Å². The first-order valence-electron chi connectivity index (χ1n) is 10.1. The number of amides is 2. The second kappa shape index (κ2) is 10.1. The van der Waals surface area contributed by atoms with Crippen molar-refractivity contribution in [3.63, 3.8) is 0 Å². The molecule has 0 spiro atoms. The van der Waals surface area contributed by atoms with Gasteiger partial charge in [0, 0.05) is 21.9 Å². The van der Waals surface area contributed by atoms with E-state index in [4.69, 9.17) is 21.1 Å². The fourth-order valence-corrected chi connectivity index (χ4v) is 4.75. The van der Waals surface area contributed by atoms with Crippen LogP contribution in [0.3, 0.4) is 0 Å². The number of rotatable bonds is 7. The topological polar surface area (TPSA) is 90.0 Å². The molecule has 34 heavy (non-hydrogen) atoms. The van der Waals surface area contributed by atoms with E-state index >= 15 is 0 Å². The summed E-state index contributed by atoms with van der Waals surface area (Å²) in [7, 11) is 1.40. The van der Waals surface area contributed by atoms with Crippen molar-refractivity contribution < 1.29 is 28.7 Å². The van der Waals surface area contributed by atoms with Gasteiger partial charge in [-0.05, 0) is 54.6 Å².